The predicted octanol–water partition coefficient (Wildman–Crippen LogP) is 2.16. The number of nitrogens with one attached hydrogen (secondary N) is 1. The van der Waals surface area contributed by atoms with Crippen molar-refractivity contribution < 1.29 is 14.3 Å². The largest absolute Gasteiger partial charge is 0.466 e. The van der Waals surface area contributed by atoms with Gasteiger partial charge in [0, 0.05) is 11.4 Å². The van der Waals surface area contributed by atoms with E-state index in [0.29, 0.717) is 18.9 Å². The lowest BCUT2D eigenvalue weighted by molar-refractivity contribution is -0.142. The SMILES string of the molecule is CCOC(=O)CCNC(=O)CSc1ccccc1C. The molecule has 4 nitrogen and oxygen atoms in total. The molecule has 0 bridgehead atoms. The number of benzene rings is 1. The van der Waals surface area contributed by atoms with E-state index in [1.54, 1.807) is 6.92 Å². The van der Waals surface area contributed by atoms with Crippen LogP contribution in [0, 0.1) is 6.92 Å². The molecule has 0 atom stereocenters. The maximum absolute atomic E-state index is 11.6. The van der Waals surface area contributed by atoms with Gasteiger partial charge in [-0.1, -0.05) is 18.2 Å². The molecule has 0 aromatic heterocycles. The van der Waals surface area contributed by atoms with E-state index in [-0.39, 0.29) is 18.3 Å². The van der Waals surface area contributed by atoms with Gasteiger partial charge in [-0.05, 0) is 25.5 Å². The Morgan fingerprint density at radius 3 is 2.74 bits per heavy atom. The van der Waals surface area contributed by atoms with Crippen molar-refractivity contribution in [1.82, 2.24) is 5.32 Å². The van der Waals surface area contributed by atoms with E-state index in [1.165, 1.54) is 11.8 Å². The number of thioether (sulfide) groups is 1. The van der Waals surface area contributed by atoms with Crippen LogP contribution in [0.3, 0.4) is 0 Å². The average Bonchev–Trinajstić information content (AvgIpc) is 2.38. The molecule has 0 aliphatic heterocycles. The highest BCUT2D eigenvalue weighted by Gasteiger charge is 2.06. The zero-order valence-electron chi connectivity index (χ0n) is 11.3. The molecule has 0 fully saturated rings. The number of amides is 1. The Kier molecular flexibility index (Phi) is 7.03. The minimum atomic E-state index is -0.283. The molecular formula is C14H19NO3S. The number of hydrogen-bond acceptors (Lipinski definition) is 4. The normalized spacial score (nSPS) is 10.0. The van der Waals surface area contributed by atoms with E-state index in [2.05, 4.69) is 5.32 Å². The van der Waals surface area contributed by atoms with Gasteiger partial charge in [0.25, 0.3) is 0 Å². The predicted molar refractivity (Wildman–Crippen MR) is 76.2 cm³/mol. The molecule has 0 saturated heterocycles. The van der Waals surface area contributed by atoms with E-state index in [0.717, 1.165) is 10.5 Å². The summed E-state index contributed by atoms with van der Waals surface area (Å²) in [4.78, 5) is 23.8. The Morgan fingerprint density at radius 1 is 1.32 bits per heavy atom. The monoisotopic (exact) mass is 281 g/mol. The molecule has 0 radical (unpaired) electrons. The number of ether oxygens (including phenoxy) is 1. The van der Waals surface area contributed by atoms with Gasteiger partial charge in [-0.2, -0.15) is 0 Å². The molecule has 1 N–H and O–H groups in total. The Labute approximate surface area is 117 Å². The molecule has 1 amide bonds. The van der Waals surface area contributed by atoms with Crippen LogP contribution in [0.1, 0.15) is 18.9 Å². The summed E-state index contributed by atoms with van der Waals surface area (Å²) in [5.41, 5.74) is 1.16. The van der Waals surface area contributed by atoms with Crippen molar-refractivity contribution in [3.8, 4) is 0 Å². The zero-order chi connectivity index (χ0) is 14.1. The lowest BCUT2D eigenvalue weighted by Crippen LogP contribution is -2.28. The summed E-state index contributed by atoms with van der Waals surface area (Å²) in [6.07, 6.45) is 0.217. The van der Waals surface area contributed by atoms with Crippen molar-refractivity contribution in [3.05, 3.63) is 29.8 Å². The summed E-state index contributed by atoms with van der Waals surface area (Å²) in [5, 5.41) is 2.70. The molecule has 0 saturated carbocycles. The molecule has 0 unspecified atom stereocenters. The summed E-state index contributed by atoms with van der Waals surface area (Å²) >= 11 is 1.50. The first-order valence-corrected chi connectivity index (χ1v) is 7.22. The van der Waals surface area contributed by atoms with Crippen molar-refractivity contribution >= 4 is 23.6 Å². The van der Waals surface area contributed by atoms with Gasteiger partial charge in [0.1, 0.15) is 0 Å². The molecule has 1 rings (SSSR count). The molecule has 1 aromatic rings. The van der Waals surface area contributed by atoms with Gasteiger partial charge in [-0.15, -0.1) is 11.8 Å². The van der Waals surface area contributed by atoms with Crippen LogP contribution in [0.25, 0.3) is 0 Å². The van der Waals surface area contributed by atoms with Crippen LogP contribution in [0.4, 0.5) is 0 Å². The number of carbonyl (C=O) groups is 2. The van der Waals surface area contributed by atoms with E-state index in [1.807, 2.05) is 31.2 Å². The van der Waals surface area contributed by atoms with Crippen molar-refractivity contribution in [2.24, 2.45) is 0 Å². The molecule has 0 heterocycles. The first-order valence-electron chi connectivity index (χ1n) is 6.24. The van der Waals surface area contributed by atoms with Crippen molar-refractivity contribution in [1.29, 1.82) is 0 Å². The molecule has 1 aromatic carbocycles. The van der Waals surface area contributed by atoms with Crippen LogP contribution in [0.5, 0.6) is 0 Å². The smallest absolute Gasteiger partial charge is 0.307 e. The number of rotatable bonds is 7. The quantitative estimate of drug-likeness (QED) is 0.614. The minimum Gasteiger partial charge on any atom is -0.466 e. The lowest BCUT2D eigenvalue weighted by Gasteiger charge is -2.06. The van der Waals surface area contributed by atoms with E-state index in [9.17, 15) is 9.59 Å². The third-order valence-electron chi connectivity index (χ3n) is 2.41. The van der Waals surface area contributed by atoms with Crippen LogP contribution < -0.4 is 5.32 Å². The van der Waals surface area contributed by atoms with Gasteiger partial charge in [0.05, 0.1) is 18.8 Å². The Bertz CT molecular complexity index is 434. The number of hydrogen-bond donors (Lipinski definition) is 1. The Hall–Kier alpha value is -1.49. The van der Waals surface area contributed by atoms with Gasteiger partial charge >= 0.3 is 5.97 Å². The maximum atomic E-state index is 11.6. The maximum Gasteiger partial charge on any atom is 0.307 e. The second-order valence-electron chi connectivity index (χ2n) is 3.96. The third-order valence-corrected chi connectivity index (χ3v) is 3.58. The average molecular weight is 281 g/mol. The number of esters is 1. The second kappa shape index (κ2) is 8.58. The molecular weight excluding hydrogens is 262 g/mol. The fraction of sp³-hybridized carbons (Fsp3) is 0.429. The first-order chi connectivity index (χ1) is 9.13. The highest BCUT2D eigenvalue weighted by Crippen LogP contribution is 2.21. The van der Waals surface area contributed by atoms with E-state index < -0.39 is 0 Å². The molecule has 104 valence electrons. The zero-order valence-corrected chi connectivity index (χ0v) is 12.1. The van der Waals surface area contributed by atoms with E-state index in [4.69, 9.17) is 4.74 Å². The molecule has 19 heavy (non-hydrogen) atoms. The number of aryl methyl sites for hydroxylation is 1. The summed E-state index contributed by atoms with van der Waals surface area (Å²) < 4.78 is 4.77. The lowest BCUT2D eigenvalue weighted by atomic mass is 10.2. The highest BCUT2D eigenvalue weighted by molar-refractivity contribution is 8.00. The van der Waals surface area contributed by atoms with Crippen LogP contribution in [0.15, 0.2) is 29.2 Å². The summed E-state index contributed by atoms with van der Waals surface area (Å²) in [5.74, 6) is 0.000126. The first kappa shape index (κ1) is 15.6. The molecule has 0 aliphatic carbocycles. The van der Waals surface area contributed by atoms with Crippen molar-refractivity contribution in [3.63, 3.8) is 0 Å². The fourth-order valence-electron chi connectivity index (χ4n) is 1.45. The van der Waals surface area contributed by atoms with Gasteiger partial charge < -0.3 is 10.1 Å². The van der Waals surface area contributed by atoms with Gasteiger partial charge in [-0.3, -0.25) is 9.59 Å². The second-order valence-corrected chi connectivity index (χ2v) is 4.98. The van der Waals surface area contributed by atoms with Crippen LogP contribution in [-0.4, -0.2) is 30.8 Å². The van der Waals surface area contributed by atoms with Gasteiger partial charge in [-0.25, -0.2) is 0 Å². The summed E-state index contributed by atoms with van der Waals surface area (Å²) in [6, 6.07) is 7.93. The van der Waals surface area contributed by atoms with Gasteiger partial charge in [0.15, 0.2) is 0 Å². The molecule has 0 aliphatic rings. The van der Waals surface area contributed by atoms with Crippen LogP contribution in [-0.2, 0) is 14.3 Å². The van der Waals surface area contributed by atoms with Crippen LogP contribution in [0.2, 0.25) is 0 Å². The minimum absolute atomic E-state index is 0.0717. The highest BCUT2D eigenvalue weighted by atomic mass is 32.2. The van der Waals surface area contributed by atoms with Crippen molar-refractivity contribution in [2.45, 2.75) is 25.2 Å². The summed E-state index contributed by atoms with van der Waals surface area (Å²) in [7, 11) is 0. The Morgan fingerprint density at radius 2 is 2.05 bits per heavy atom. The number of carbonyl (C=O) groups excluding carboxylic acids is 2. The van der Waals surface area contributed by atoms with Crippen LogP contribution >= 0.6 is 11.8 Å². The van der Waals surface area contributed by atoms with Gasteiger partial charge in [0.2, 0.25) is 5.91 Å². The summed E-state index contributed by atoms with van der Waals surface area (Å²) in [6.45, 7) is 4.47. The fourth-order valence-corrected chi connectivity index (χ4v) is 2.31. The van der Waals surface area contributed by atoms with Crippen molar-refractivity contribution in [2.75, 3.05) is 18.9 Å². The van der Waals surface area contributed by atoms with E-state index >= 15 is 0 Å². The Balaban J connectivity index is 2.22. The third kappa shape index (κ3) is 6.29. The molecule has 5 heteroatoms. The molecule has 0 spiro atoms. The standard InChI is InChI=1S/C14H19NO3S/c1-3-18-14(17)8-9-15-13(16)10-19-12-7-5-4-6-11(12)2/h4-7H,3,8-10H2,1-2H3,(H,15,16). The topological polar surface area (TPSA) is 55.4 Å².